The first-order chi connectivity index (χ1) is 14.2. The minimum atomic E-state index is -0.343. The lowest BCUT2D eigenvalue weighted by Crippen LogP contribution is -2.58. The zero-order chi connectivity index (χ0) is 20.5. The lowest BCUT2D eigenvalue weighted by molar-refractivity contribution is -0.131. The number of nitrogens with one attached hydrogen (secondary N) is 2. The molecule has 0 aliphatic carbocycles. The number of nitrogens with zero attached hydrogens (tertiary/aromatic N) is 1. The van der Waals surface area contributed by atoms with Crippen molar-refractivity contribution in [3.05, 3.63) is 60.2 Å². The fourth-order valence-electron chi connectivity index (χ4n) is 3.30. The summed E-state index contributed by atoms with van der Waals surface area (Å²) in [5.74, 6) is 1.26. The lowest BCUT2D eigenvalue weighted by atomic mass is 10.0. The summed E-state index contributed by atoms with van der Waals surface area (Å²) in [4.78, 5) is 26.6. The first-order valence-electron chi connectivity index (χ1n) is 9.75. The highest BCUT2D eigenvalue weighted by Gasteiger charge is 2.30. The molecule has 0 saturated carbocycles. The maximum Gasteiger partial charge on any atom is 0.237 e. The average Bonchev–Trinajstić information content (AvgIpc) is 2.74. The van der Waals surface area contributed by atoms with Crippen LogP contribution in [0.5, 0.6) is 11.5 Å². The fourth-order valence-corrected chi connectivity index (χ4v) is 3.30. The molecule has 0 radical (unpaired) electrons. The predicted octanol–water partition coefficient (Wildman–Crippen LogP) is 1.23. The fraction of sp³-hybridized carbons (Fsp3) is 0.364. The predicted molar refractivity (Wildman–Crippen MR) is 110 cm³/mol. The van der Waals surface area contributed by atoms with E-state index in [0.717, 1.165) is 11.3 Å². The highest BCUT2D eigenvalue weighted by Crippen LogP contribution is 2.18. The molecule has 154 valence electrons. The Balaban J connectivity index is 1.45. The molecule has 0 aromatic heterocycles. The lowest BCUT2D eigenvalue weighted by Gasteiger charge is -2.34. The Hall–Kier alpha value is -3.06. The zero-order valence-electron chi connectivity index (χ0n) is 16.6. The second kappa shape index (κ2) is 10.5. The summed E-state index contributed by atoms with van der Waals surface area (Å²) in [6.07, 6.45) is 0.582. The Morgan fingerprint density at radius 1 is 1.17 bits per heavy atom. The molecule has 3 rings (SSSR count). The summed E-state index contributed by atoms with van der Waals surface area (Å²) < 4.78 is 10.8. The van der Waals surface area contributed by atoms with Crippen molar-refractivity contribution in [1.29, 1.82) is 0 Å². The second-order valence-corrected chi connectivity index (χ2v) is 6.84. The molecule has 1 aliphatic rings. The number of hydrogen-bond acceptors (Lipinski definition) is 5. The maximum atomic E-state index is 12.4. The third-order valence-corrected chi connectivity index (χ3v) is 4.79. The van der Waals surface area contributed by atoms with Gasteiger partial charge in [0.15, 0.2) is 0 Å². The second-order valence-electron chi connectivity index (χ2n) is 6.84. The number of rotatable bonds is 9. The standard InChI is InChI=1S/C22H27N3O4/c1-28-18-8-5-9-19(15-18)29-13-11-23-21(26)16-25-12-10-24-22(27)20(25)14-17-6-3-2-4-7-17/h2-9,15,20H,10-14,16H2,1H3,(H,23,26)(H,24,27). The molecule has 7 heteroatoms. The normalized spacial score (nSPS) is 16.7. The summed E-state index contributed by atoms with van der Waals surface area (Å²) in [6, 6.07) is 16.8. The van der Waals surface area contributed by atoms with Crippen molar-refractivity contribution in [3.63, 3.8) is 0 Å². The van der Waals surface area contributed by atoms with Crippen molar-refractivity contribution in [1.82, 2.24) is 15.5 Å². The minimum absolute atomic E-state index is 0.0331. The number of hydrogen-bond donors (Lipinski definition) is 2. The van der Waals surface area contributed by atoms with Crippen LogP contribution in [-0.4, -0.2) is 62.7 Å². The van der Waals surface area contributed by atoms with E-state index in [4.69, 9.17) is 9.47 Å². The summed E-state index contributed by atoms with van der Waals surface area (Å²) in [5.41, 5.74) is 1.08. The van der Waals surface area contributed by atoms with Gasteiger partial charge in [-0.25, -0.2) is 0 Å². The van der Waals surface area contributed by atoms with Gasteiger partial charge < -0.3 is 20.1 Å². The molecule has 1 saturated heterocycles. The highest BCUT2D eigenvalue weighted by molar-refractivity contribution is 5.84. The van der Waals surface area contributed by atoms with Crippen molar-refractivity contribution in [2.24, 2.45) is 0 Å². The van der Waals surface area contributed by atoms with Gasteiger partial charge in [0, 0.05) is 19.2 Å². The van der Waals surface area contributed by atoms with Gasteiger partial charge in [0.25, 0.3) is 0 Å². The molecule has 29 heavy (non-hydrogen) atoms. The zero-order valence-corrected chi connectivity index (χ0v) is 16.6. The van der Waals surface area contributed by atoms with Crippen LogP contribution in [0.2, 0.25) is 0 Å². The van der Waals surface area contributed by atoms with Crippen molar-refractivity contribution in [2.45, 2.75) is 12.5 Å². The van der Waals surface area contributed by atoms with Gasteiger partial charge in [-0.3, -0.25) is 14.5 Å². The number of ether oxygens (including phenoxy) is 2. The summed E-state index contributed by atoms with van der Waals surface area (Å²) in [6.45, 7) is 2.13. The number of methoxy groups -OCH3 is 1. The Labute approximate surface area is 171 Å². The van der Waals surface area contributed by atoms with E-state index in [1.54, 1.807) is 13.2 Å². The number of benzene rings is 2. The molecular formula is C22H27N3O4. The van der Waals surface area contributed by atoms with E-state index in [1.165, 1.54) is 0 Å². The van der Waals surface area contributed by atoms with Gasteiger partial charge in [-0.05, 0) is 24.1 Å². The summed E-state index contributed by atoms with van der Waals surface area (Å²) in [5, 5.41) is 5.75. The number of piperazine rings is 1. The quantitative estimate of drug-likeness (QED) is 0.623. The van der Waals surface area contributed by atoms with Crippen molar-refractivity contribution in [2.75, 3.05) is 39.9 Å². The van der Waals surface area contributed by atoms with Crippen molar-refractivity contribution < 1.29 is 19.1 Å². The Bertz CT molecular complexity index is 813. The highest BCUT2D eigenvalue weighted by atomic mass is 16.5. The van der Waals surface area contributed by atoms with Gasteiger partial charge in [-0.15, -0.1) is 0 Å². The van der Waals surface area contributed by atoms with E-state index >= 15 is 0 Å². The molecule has 1 unspecified atom stereocenters. The SMILES string of the molecule is COc1cccc(OCCNC(=O)CN2CCNC(=O)C2Cc2ccccc2)c1. The van der Waals surface area contributed by atoms with Crippen LogP contribution < -0.4 is 20.1 Å². The van der Waals surface area contributed by atoms with Gasteiger partial charge in [-0.2, -0.15) is 0 Å². The Kier molecular flexibility index (Phi) is 7.47. The molecule has 1 heterocycles. The third-order valence-electron chi connectivity index (χ3n) is 4.79. The van der Waals surface area contributed by atoms with Gasteiger partial charge >= 0.3 is 0 Å². The van der Waals surface area contributed by atoms with E-state index < -0.39 is 0 Å². The Morgan fingerprint density at radius 2 is 1.97 bits per heavy atom. The van der Waals surface area contributed by atoms with Gasteiger partial charge in [0.05, 0.1) is 26.2 Å². The van der Waals surface area contributed by atoms with Gasteiger partial charge in [0.2, 0.25) is 11.8 Å². The summed E-state index contributed by atoms with van der Waals surface area (Å²) >= 11 is 0. The van der Waals surface area contributed by atoms with Crippen molar-refractivity contribution >= 4 is 11.8 Å². The average molecular weight is 397 g/mol. The minimum Gasteiger partial charge on any atom is -0.497 e. The molecular weight excluding hydrogens is 370 g/mol. The molecule has 2 aromatic rings. The maximum absolute atomic E-state index is 12.4. The van der Waals surface area contributed by atoms with E-state index in [-0.39, 0.29) is 24.4 Å². The van der Waals surface area contributed by atoms with Crippen LogP contribution in [0.1, 0.15) is 5.56 Å². The molecule has 1 aliphatic heterocycles. The number of carbonyl (C=O) groups is 2. The van der Waals surface area contributed by atoms with Gasteiger partial charge in [0.1, 0.15) is 18.1 Å². The van der Waals surface area contributed by atoms with Crippen LogP contribution in [0.25, 0.3) is 0 Å². The number of amides is 2. The largest absolute Gasteiger partial charge is 0.497 e. The van der Waals surface area contributed by atoms with Crippen LogP contribution in [0.15, 0.2) is 54.6 Å². The van der Waals surface area contributed by atoms with Crippen molar-refractivity contribution in [3.8, 4) is 11.5 Å². The first kappa shape index (κ1) is 20.7. The third kappa shape index (κ3) is 6.22. The topological polar surface area (TPSA) is 79.9 Å². The van der Waals surface area contributed by atoms with Crippen LogP contribution in [-0.2, 0) is 16.0 Å². The molecule has 0 bridgehead atoms. The van der Waals surface area contributed by atoms with Gasteiger partial charge in [-0.1, -0.05) is 36.4 Å². The number of carbonyl (C=O) groups excluding carboxylic acids is 2. The molecule has 7 nitrogen and oxygen atoms in total. The van der Waals surface area contributed by atoms with E-state index in [1.807, 2.05) is 53.4 Å². The smallest absolute Gasteiger partial charge is 0.237 e. The van der Waals surface area contributed by atoms with E-state index in [9.17, 15) is 9.59 Å². The molecule has 2 amide bonds. The summed E-state index contributed by atoms with van der Waals surface area (Å²) in [7, 11) is 1.60. The van der Waals surface area contributed by atoms with Crippen LogP contribution in [0, 0.1) is 0 Å². The molecule has 1 fully saturated rings. The monoisotopic (exact) mass is 397 g/mol. The molecule has 1 atom stereocenters. The molecule has 2 N–H and O–H groups in total. The molecule has 0 spiro atoms. The van der Waals surface area contributed by atoms with Crippen LogP contribution in [0.3, 0.4) is 0 Å². The molecule has 2 aromatic carbocycles. The van der Waals surface area contributed by atoms with Crippen LogP contribution >= 0.6 is 0 Å². The first-order valence-corrected chi connectivity index (χ1v) is 9.75. The Morgan fingerprint density at radius 3 is 2.76 bits per heavy atom. The van der Waals surface area contributed by atoms with Crippen LogP contribution in [0.4, 0.5) is 0 Å². The van der Waals surface area contributed by atoms with E-state index in [0.29, 0.717) is 38.4 Å². The van der Waals surface area contributed by atoms with E-state index in [2.05, 4.69) is 10.6 Å².